The second-order valence-corrected chi connectivity index (χ2v) is 17.1. The van der Waals surface area contributed by atoms with Crippen LogP contribution in [-0.4, -0.2) is 132 Å². The highest BCUT2D eigenvalue weighted by atomic mass is 31.2. The van der Waals surface area contributed by atoms with Gasteiger partial charge in [-0.3, -0.25) is 18.4 Å². The SMILES string of the molecule is CCCCOCC1OC(OCC(O)C(OCCCC)[C@@H](CNC(=O)C[C@@H](C)OCCCC)OCCCC)[C@@H](N)[C@@H](OCCCC)C1OP(=O)(OCCCC)OCCCC. The lowest BCUT2D eigenvalue weighted by Crippen LogP contribution is -2.64. The van der Waals surface area contributed by atoms with Gasteiger partial charge >= 0.3 is 7.82 Å². The molecule has 0 aliphatic carbocycles. The van der Waals surface area contributed by atoms with Gasteiger partial charge in [-0.25, -0.2) is 4.57 Å². The van der Waals surface area contributed by atoms with Crippen molar-refractivity contribution in [3.8, 4) is 0 Å². The molecule has 352 valence electrons. The minimum absolute atomic E-state index is 0.0788. The average Bonchev–Trinajstić information content (AvgIpc) is 3.21. The summed E-state index contributed by atoms with van der Waals surface area (Å²) in [6.07, 6.45) is 5.33. The van der Waals surface area contributed by atoms with Crippen LogP contribution in [0.15, 0.2) is 0 Å². The normalized spacial score (nSPS) is 22.0. The molecule has 0 bridgehead atoms. The molecular weight excluding hydrogens is 783 g/mol. The van der Waals surface area contributed by atoms with E-state index in [1.54, 1.807) is 0 Å². The number of nitrogens with two attached hydrogens (primary N) is 1. The molecule has 59 heavy (non-hydrogen) atoms. The van der Waals surface area contributed by atoms with E-state index in [1.807, 2.05) is 20.8 Å². The van der Waals surface area contributed by atoms with E-state index in [1.165, 1.54) is 0 Å². The third-order valence-electron chi connectivity index (χ3n) is 9.86. The van der Waals surface area contributed by atoms with E-state index >= 15 is 0 Å². The van der Waals surface area contributed by atoms with Gasteiger partial charge in [0.05, 0.1) is 45.0 Å². The smallest absolute Gasteiger partial charge is 0.388 e. The number of ether oxygens (including phenoxy) is 7. The predicted octanol–water partition coefficient (Wildman–Crippen LogP) is 7.63. The molecule has 15 nitrogen and oxygen atoms in total. The molecule has 0 spiro atoms. The van der Waals surface area contributed by atoms with Gasteiger partial charge in [-0.05, 0) is 51.9 Å². The quantitative estimate of drug-likeness (QED) is 0.0403. The van der Waals surface area contributed by atoms with Gasteiger partial charge in [0.15, 0.2) is 6.29 Å². The van der Waals surface area contributed by atoms with E-state index in [9.17, 15) is 14.5 Å². The molecule has 0 aromatic heterocycles. The van der Waals surface area contributed by atoms with Gasteiger partial charge in [-0.2, -0.15) is 0 Å². The standard InChI is InChI=1S/C43H87N2O13P/c1-9-16-23-49-33-37-41(58-59(48,55-28-21-14-6)56-29-22-15-7)42(53-27-20-13-5)39(44)43(57-37)54-32-35(46)40(52-26-19-12-4)36(51-25-18-11-3)31-45-38(47)30-34(8)50-24-17-10-2/h34-37,39-43,46H,9-33,44H2,1-8H3,(H,45,47)/t34-,35?,36-,37?,39+,40?,41?,42-,43?/m1/s1. The van der Waals surface area contributed by atoms with Gasteiger partial charge in [-0.15, -0.1) is 0 Å². The number of amides is 1. The molecule has 4 N–H and O–H groups in total. The van der Waals surface area contributed by atoms with Gasteiger partial charge in [0.1, 0.15) is 36.6 Å². The first-order valence-electron chi connectivity index (χ1n) is 23.1. The Kier molecular flexibility index (Phi) is 34.0. The van der Waals surface area contributed by atoms with Crippen molar-refractivity contribution < 1.29 is 61.2 Å². The van der Waals surface area contributed by atoms with E-state index in [0.29, 0.717) is 45.9 Å². The van der Waals surface area contributed by atoms with Crippen LogP contribution in [0.25, 0.3) is 0 Å². The van der Waals surface area contributed by atoms with Crippen molar-refractivity contribution in [3.63, 3.8) is 0 Å². The van der Waals surface area contributed by atoms with Crippen molar-refractivity contribution in [2.75, 3.05) is 66.0 Å². The number of aliphatic hydroxyl groups excluding tert-OH is 1. The van der Waals surface area contributed by atoms with Crippen LogP contribution in [0.2, 0.25) is 0 Å². The maximum Gasteiger partial charge on any atom is 0.475 e. The fraction of sp³-hybridized carbons (Fsp3) is 0.977. The number of phosphoric ester groups is 1. The molecule has 5 unspecified atom stereocenters. The number of carbonyl (C=O) groups excluding carboxylic acids is 1. The molecular formula is C43H87N2O13P. The molecule has 16 heteroatoms. The maximum absolute atomic E-state index is 14.2. The molecule has 1 fully saturated rings. The van der Waals surface area contributed by atoms with Crippen molar-refractivity contribution in [2.45, 2.75) is 207 Å². The lowest BCUT2D eigenvalue weighted by molar-refractivity contribution is -0.280. The molecule has 0 aromatic rings. The Bertz CT molecular complexity index is 1040. The largest absolute Gasteiger partial charge is 0.475 e. The van der Waals surface area contributed by atoms with Crippen molar-refractivity contribution in [2.24, 2.45) is 5.73 Å². The van der Waals surface area contributed by atoms with Crippen LogP contribution < -0.4 is 11.1 Å². The predicted molar refractivity (Wildman–Crippen MR) is 230 cm³/mol. The fourth-order valence-electron chi connectivity index (χ4n) is 6.05. The van der Waals surface area contributed by atoms with Crippen LogP contribution in [-0.2, 0) is 56.1 Å². The highest BCUT2D eigenvalue weighted by Crippen LogP contribution is 2.52. The van der Waals surface area contributed by atoms with Crippen LogP contribution in [0.4, 0.5) is 0 Å². The van der Waals surface area contributed by atoms with Gasteiger partial charge < -0.3 is 49.3 Å². The summed E-state index contributed by atoms with van der Waals surface area (Å²) in [6.45, 7) is 18.9. The van der Waals surface area contributed by atoms with Gasteiger partial charge in [0.2, 0.25) is 5.91 Å². The van der Waals surface area contributed by atoms with Gasteiger partial charge in [0, 0.05) is 39.6 Å². The van der Waals surface area contributed by atoms with E-state index in [4.69, 9.17) is 52.5 Å². The van der Waals surface area contributed by atoms with Crippen LogP contribution in [0.1, 0.15) is 152 Å². The molecule has 1 amide bonds. The summed E-state index contributed by atoms with van der Waals surface area (Å²) in [5, 5.41) is 14.8. The van der Waals surface area contributed by atoms with Crippen LogP contribution in [0.5, 0.6) is 0 Å². The highest BCUT2D eigenvalue weighted by Gasteiger charge is 2.50. The summed E-state index contributed by atoms with van der Waals surface area (Å²) < 4.78 is 75.8. The number of carbonyl (C=O) groups is 1. The van der Waals surface area contributed by atoms with E-state index < -0.39 is 56.8 Å². The van der Waals surface area contributed by atoms with Crippen molar-refractivity contribution in [3.05, 3.63) is 0 Å². The zero-order chi connectivity index (χ0) is 43.7. The summed E-state index contributed by atoms with van der Waals surface area (Å²) in [5.41, 5.74) is 6.89. The number of aliphatic hydroxyl groups is 1. The molecule has 1 aliphatic heterocycles. The van der Waals surface area contributed by atoms with E-state index in [-0.39, 0.29) is 51.4 Å². The second kappa shape index (κ2) is 35.7. The number of hydrogen-bond acceptors (Lipinski definition) is 14. The molecule has 1 rings (SSSR count). The first-order chi connectivity index (χ1) is 28.5. The van der Waals surface area contributed by atoms with Gasteiger partial charge in [-0.1, -0.05) is 93.4 Å². The van der Waals surface area contributed by atoms with Crippen LogP contribution in [0, 0.1) is 0 Å². The minimum atomic E-state index is -4.08. The summed E-state index contributed by atoms with van der Waals surface area (Å²) in [4.78, 5) is 13.0. The first-order valence-corrected chi connectivity index (χ1v) is 24.6. The average molecular weight is 871 g/mol. The summed E-state index contributed by atoms with van der Waals surface area (Å²) in [6, 6.07) is -0.924. The molecule has 1 heterocycles. The maximum atomic E-state index is 14.2. The molecule has 9 atom stereocenters. The Morgan fingerprint density at radius 1 is 0.712 bits per heavy atom. The zero-order valence-corrected chi connectivity index (χ0v) is 39.1. The number of nitrogens with one attached hydrogen (secondary N) is 1. The number of unbranched alkanes of at least 4 members (excludes halogenated alkanes) is 7. The van der Waals surface area contributed by atoms with E-state index in [2.05, 4.69) is 39.9 Å². The Labute approximate surface area is 358 Å². The minimum Gasteiger partial charge on any atom is -0.388 e. The Morgan fingerprint density at radius 2 is 1.24 bits per heavy atom. The lowest BCUT2D eigenvalue weighted by atomic mass is 9.97. The second-order valence-electron chi connectivity index (χ2n) is 15.5. The van der Waals surface area contributed by atoms with Crippen molar-refractivity contribution in [1.82, 2.24) is 5.32 Å². The Morgan fingerprint density at radius 3 is 1.83 bits per heavy atom. The monoisotopic (exact) mass is 871 g/mol. The van der Waals surface area contributed by atoms with Crippen LogP contribution >= 0.6 is 7.82 Å². The van der Waals surface area contributed by atoms with Gasteiger partial charge in [0.25, 0.3) is 0 Å². The topological polar surface area (TPSA) is 185 Å². The summed E-state index contributed by atoms with van der Waals surface area (Å²) in [5.74, 6) is -0.174. The molecule has 1 saturated heterocycles. The zero-order valence-electron chi connectivity index (χ0n) is 38.2. The summed E-state index contributed by atoms with van der Waals surface area (Å²) >= 11 is 0. The van der Waals surface area contributed by atoms with E-state index in [0.717, 1.165) is 77.0 Å². The molecule has 0 aromatic carbocycles. The van der Waals surface area contributed by atoms with Crippen LogP contribution in [0.3, 0.4) is 0 Å². The molecule has 0 radical (unpaired) electrons. The third kappa shape index (κ3) is 24.6. The Hall–Kier alpha value is -0.780. The number of phosphoric acid groups is 1. The van der Waals surface area contributed by atoms with Crippen molar-refractivity contribution >= 4 is 13.7 Å². The lowest BCUT2D eigenvalue weighted by Gasteiger charge is -2.45. The number of hydrogen-bond donors (Lipinski definition) is 3. The fourth-order valence-corrected chi connectivity index (χ4v) is 7.50. The summed E-state index contributed by atoms with van der Waals surface area (Å²) in [7, 11) is -4.08. The number of rotatable bonds is 40. The Balaban J connectivity index is 3.37. The molecule has 0 saturated carbocycles. The third-order valence-corrected chi connectivity index (χ3v) is 11.4. The van der Waals surface area contributed by atoms with Crippen molar-refractivity contribution in [1.29, 1.82) is 0 Å². The first kappa shape index (κ1) is 56.2. The molecule has 1 aliphatic rings. The highest BCUT2D eigenvalue weighted by molar-refractivity contribution is 7.48.